The van der Waals surface area contributed by atoms with Crippen LogP contribution in [0.4, 0.5) is 19.0 Å². The van der Waals surface area contributed by atoms with Crippen LogP contribution < -0.4 is 21.8 Å². The number of amides is 2. The molecule has 1 aliphatic heterocycles. The highest BCUT2D eigenvalue weighted by Crippen LogP contribution is 2.30. The number of anilines is 1. The largest absolute Gasteiger partial charge is 0.416 e. The monoisotopic (exact) mass is 483 g/mol. The normalized spacial score (nSPS) is 14.0. The van der Waals surface area contributed by atoms with E-state index in [0.29, 0.717) is 17.0 Å². The molecule has 0 radical (unpaired) electrons. The van der Waals surface area contributed by atoms with Crippen LogP contribution in [0, 0.1) is 11.8 Å². The molecule has 5 N–H and O–H groups in total. The van der Waals surface area contributed by atoms with Gasteiger partial charge in [0, 0.05) is 36.8 Å². The van der Waals surface area contributed by atoms with Gasteiger partial charge in [0.25, 0.3) is 5.91 Å². The highest BCUT2D eigenvalue weighted by atomic mass is 19.4. The topological polar surface area (TPSA) is 125 Å². The van der Waals surface area contributed by atoms with Crippen LogP contribution in [0.25, 0.3) is 5.70 Å². The number of hydrazine groups is 1. The van der Waals surface area contributed by atoms with Gasteiger partial charge in [0.1, 0.15) is 17.4 Å². The zero-order valence-electron chi connectivity index (χ0n) is 18.6. The number of nitrogens with one attached hydrogen (secondary N) is 3. The highest BCUT2D eigenvalue weighted by molar-refractivity contribution is 6.06. The Hall–Kier alpha value is -4.79. The van der Waals surface area contributed by atoms with Crippen molar-refractivity contribution < 1.29 is 22.8 Å². The lowest BCUT2D eigenvalue weighted by atomic mass is 10.1. The molecule has 0 unspecified atom stereocenters. The van der Waals surface area contributed by atoms with Crippen molar-refractivity contribution in [1.29, 1.82) is 0 Å². The second kappa shape index (κ2) is 10.4. The molecule has 1 aromatic carbocycles. The van der Waals surface area contributed by atoms with Crippen LogP contribution in [0.5, 0.6) is 0 Å². The molecule has 3 rings (SSSR count). The van der Waals surface area contributed by atoms with E-state index in [9.17, 15) is 22.8 Å². The van der Waals surface area contributed by atoms with E-state index in [1.54, 1.807) is 25.4 Å². The first-order valence-corrected chi connectivity index (χ1v) is 10.0. The molecule has 2 heterocycles. The summed E-state index contributed by atoms with van der Waals surface area (Å²) in [5.74, 6) is 3.57. The van der Waals surface area contributed by atoms with Gasteiger partial charge < -0.3 is 16.4 Å². The van der Waals surface area contributed by atoms with Crippen molar-refractivity contribution in [2.24, 2.45) is 10.7 Å². The number of aromatic nitrogens is 1. The van der Waals surface area contributed by atoms with E-state index in [-0.39, 0.29) is 17.2 Å². The first-order chi connectivity index (χ1) is 16.6. The SMILES string of the molecule is CC#CC(=O)NN(C)/C(=C1\NC=CN=C1N)c1ccc(C(=O)Nc2cc(C(F)(F)F)ccn2)cc1. The minimum Gasteiger partial charge on any atom is -0.382 e. The molecule has 0 spiro atoms. The summed E-state index contributed by atoms with van der Waals surface area (Å²) < 4.78 is 38.7. The van der Waals surface area contributed by atoms with Crippen LogP contribution >= 0.6 is 0 Å². The van der Waals surface area contributed by atoms with E-state index < -0.39 is 23.6 Å². The first kappa shape index (κ1) is 24.8. The second-order valence-corrected chi connectivity index (χ2v) is 7.03. The Bertz CT molecular complexity index is 1290. The average Bonchev–Trinajstić information content (AvgIpc) is 2.80. The minimum absolute atomic E-state index is 0.155. The number of nitrogens with two attached hydrogens (primary N) is 1. The lowest BCUT2D eigenvalue weighted by molar-refractivity contribution is -0.137. The van der Waals surface area contributed by atoms with Gasteiger partial charge >= 0.3 is 12.1 Å². The molecule has 12 heteroatoms. The molecule has 0 bridgehead atoms. The number of carbonyl (C=O) groups is 2. The molecule has 180 valence electrons. The maximum absolute atomic E-state index is 12.9. The zero-order chi connectivity index (χ0) is 25.6. The predicted molar refractivity (Wildman–Crippen MR) is 124 cm³/mol. The number of rotatable bonds is 5. The molecule has 2 amide bonds. The van der Waals surface area contributed by atoms with Crippen LogP contribution in [0.15, 0.2) is 65.7 Å². The number of hydrogen-bond acceptors (Lipinski definition) is 7. The number of aliphatic imine (C=N–C) groups is 1. The Balaban J connectivity index is 1.88. The Kier molecular flexibility index (Phi) is 7.40. The molecule has 0 fully saturated rings. The summed E-state index contributed by atoms with van der Waals surface area (Å²) in [5.41, 5.74) is 9.20. The van der Waals surface area contributed by atoms with Crippen LogP contribution in [0.3, 0.4) is 0 Å². The van der Waals surface area contributed by atoms with E-state index in [4.69, 9.17) is 5.73 Å². The molecule has 9 nitrogen and oxygen atoms in total. The number of nitrogens with zero attached hydrogens (tertiary/aromatic N) is 3. The average molecular weight is 483 g/mol. The lowest BCUT2D eigenvalue weighted by Gasteiger charge is -2.26. The van der Waals surface area contributed by atoms with Crippen molar-refractivity contribution in [2.45, 2.75) is 13.1 Å². The Morgan fingerprint density at radius 3 is 2.46 bits per heavy atom. The minimum atomic E-state index is -4.56. The number of benzene rings is 1. The van der Waals surface area contributed by atoms with Crippen LogP contribution in [-0.2, 0) is 11.0 Å². The van der Waals surface area contributed by atoms with Gasteiger partial charge in [-0.3, -0.25) is 20.0 Å². The van der Waals surface area contributed by atoms with E-state index in [2.05, 4.69) is 37.9 Å². The molecule has 1 aromatic heterocycles. The number of alkyl halides is 3. The quantitative estimate of drug-likeness (QED) is 0.383. The fraction of sp³-hybridized carbons (Fsp3) is 0.130. The van der Waals surface area contributed by atoms with Crippen molar-refractivity contribution in [3.05, 3.63) is 77.4 Å². The smallest absolute Gasteiger partial charge is 0.382 e. The molecule has 0 aliphatic carbocycles. The van der Waals surface area contributed by atoms with Crippen LogP contribution in [-0.4, -0.2) is 34.7 Å². The molecule has 0 saturated heterocycles. The zero-order valence-corrected chi connectivity index (χ0v) is 18.6. The number of pyridine rings is 1. The van der Waals surface area contributed by atoms with E-state index in [1.807, 2.05) is 0 Å². The van der Waals surface area contributed by atoms with Crippen molar-refractivity contribution in [1.82, 2.24) is 20.7 Å². The van der Waals surface area contributed by atoms with Crippen molar-refractivity contribution >= 4 is 29.2 Å². The van der Waals surface area contributed by atoms with Gasteiger partial charge in [-0.15, -0.1) is 0 Å². The summed E-state index contributed by atoms with van der Waals surface area (Å²) in [5, 5.41) is 6.72. The first-order valence-electron chi connectivity index (χ1n) is 10.0. The highest BCUT2D eigenvalue weighted by Gasteiger charge is 2.31. The fourth-order valence-corrected chi connectivity index (χ4v) is 3.06. The third kappa shape index (κ3) is 6.17. The molecule has 35 heavy (non-hydrogen) atoms. The standard InChI is InChI=1S/C23H20F3N7O2/c1-3-4-18(34)32-33(2)20(19-21(27)30-12-11-29-19)14-5-7-15(8-6-14)22(35)31-17-13-16(9-10-28-17)23(24,25)26/h5-13,29H,1-2H3,(H2,27,30)(H,32,34)(H,28,31,35)/b20-19-. The molecule has 1 aliphatic rings. The molecule has 0 atom stereocenters. The van der Waals surface area contributed by atoms with E-state index in [1.165, 1.54) is 30.3 Å². The summed E-state index contributed by atoms with van der Waals surface area (Å²) in [6.07, 6.45) is -0.583. The van der Waals surface area contributed by atoms with E-state index >= 15 is 0 Å². The Morgan fingerprint density at radius 1 is 1.14 bits per heavy atom. The van der Waals surface area contributed by atoms with Crippen molar-refractivity contribution in [2.75, 3.05) is 12.4 Å². The predicted octanol–water partition coefficient (Wildman–Crippen LogP) is 2.44. The van der Waals surface area contributed by atoms with Gasteiger partial charge in [0.05, 0.1) is 11.3 Å². The molecular weight excluding hydrogens is 463 g/mol. The number of halogens is 3. The van der Waals surface area contributed by atoms with Crippen LogP contribution in [0.1, 0.15) is 28.4 Å². The van der Waals surface area contributed by atoms with Gasteiger partial charge in [0.15, 0.2) is 0 Å². The van der Waals surface area contributed by atoms with E-state index in [0.717, 1.165) is 18.3 Å². The van der Waals surface area contributed by atoms with Gasteiger partial charge in [0.2, 0.25) is 0 Å². The van der Waals surface area contributed by atoms with Gasteiger partial charge in [-0.25, -0.2) is 9.98 Å². The number of amidine groups is 1. The van der Waals surface area contributed by atoms with Gasteiger partial charge in [-0.05, 0) is 37.1 Å². The van der Waals surface area contributed by atoms with Crippen LogP contribution in [0.2, 0.25) is 0 Å². The molecule has 2 aromatic rings. The number of carbonyl (C=O) groups excluding carboxylic acids is 2. The van der Waals surface area contributed by atoms with Gasteiger partial charge in [-0.1, -0.05) is 18.1 Å². The summed E-state index contributed by atoms with van der Waals surface area (Å²) in [6.45, 7) is 1.52. The maximum atomic E-state index is 12.9. The summed E-state index contributed by atoms with van der Waals surface area (Å²) in [7, 11) is 1.57. The fourth-order valence-electron chi connectivity index (χ4n) is 3.06. The second-order valence-electron chi connectivity index (χ2n) is 7.03. The molecular formula is C23H20F3N7O2. The van der Waals surface area contributed by atoms with Crippen molar-refractivity contribution in [3.8, 4) is 11.8 Å². The number of hydrogen-bond donors (Lipinski definition) is 4. The Morgan fingerprint density at radius 2 is 1.83 bits per heavy atom. The van der Waals surface area contributed by atoms with Gasteiger partial charge in [-0.2, -0.15) is 13.2 Å². The summed E-state index contributed by atoms with van der Waals surface area (Å²) in [6, 6.07) is 7.65. The summed E-state index contributed by atoms with van der Waals surface area (Å²) in [4.78, 5) is 32.4. The Labute approximate surface area is 198 Å². The molecule has 0 saturated carbocycles. The summed E-state index contributed by atoms with van der Waals surface area (Å²) >= 11 is 0. The third-order valence-electron chi connectivity index (χ3n) is 4.60. The lowest BCUT2D eigenvalue weighted by Crippen LogP contribution is -2.40. The maximum Gasteiger partial charge on any atom is 0.416 e. The third-order valence-corrected chi connectivity index (χ3v) is 4.60. The van der Waals surface area contributed by atoms with Crippen molar-refractivity contribution in [3.63, 3.8) is 0 Å².